The molecule has 0 saturated carbocycles. The quantitative estimate of drug-likeness (QED) is 0.693. The smallest absolute Gasteiger partial charge is 0.291 e. The number of rotatable bonds is 5. The first-order chi connectivity index (χ1) is 13.6. The van der Waals surface area contributed by atoms with E-state index in [1.165, 1.54) is 21.6 Å². The van der Waals surface area contributed by atoms with Crippen LogP contribution in [-0.4, -0.2) is 37.2 Å². The minimum absolute atomic E-state index is 0.0921. The van der Waals surface area contributed by atoms with E-state index in [1.807, 2.05) is 12.3 Å². The predicted octanol–water partition coefficient (Wildman–Crippen LogP) is 2.61. The van der Waals surface area contributed by atoms with Crippen LogP contribution in [0.15, 0.2) is 47.3 Å². The fourth-order valence-corrected chi connectivity index (χ4v) is 4.83. The fourth-order valence-electron chi connectivity index (χ4n) is 3.73. The molecular weight excluding hydrogens is 374 g/mol. The van der Waals surface area contributed by atoms with E-state index in [0.717, 1.165) is 42.4 Å². The van der Waals surface area contributed by atoms with Gasteiger partial charge >= 0.3 is 0 Å². The van der Waals surface area contributed by atoms with Gasteiger partial charge in [-0.3, -0.25) is 9.78 Å². The zero-order valence-electron chi connectivity index (χ0n) is 16.0. The number of ether oxygens (including phenoxy) is 1. The number of pyridine rings is 1. The summed E-state index contributed by atoms with van der Waals surface area (Å²) in [5.74, 6) is 0.0840. The first kappa shape index (κ1) is 18.9. The summed E-state index contributed by atoms with van der Waals surface area (Å²) in [6.45, 7) is 7.54. The minimum Gasteiger partial charge on any atom is -0.459 e. The molecular formula is C21H24N3O3S+. The maximum Gasteiger partial charge on any atom is 0.291 e. The molecule has 1 saturated heterocycles. The van der Waals surface area contributed by atoms with Gasteiger partial charge in [0.05, 0.1) is 25.0 Å². The molecule has 0 unspecified atom stereocenters. The Morgan fingerprint density at radius 1 is 1.25 bits per heavy atom. The summed E-state index contributed by atoms with van der Waals surface area (Å²) in [5, 5.41) is 3.96. The monoisotopic (exact) mass is 398 g/mol. The number of nitrogens with zero attached hydrogens (tertiary/aromatic N) is 1. The highest BCUT2D eigenvalue weighted by molar-refractivity contribution is 7.16. The van der Waals surface area contributed by atoms with Crippen LogP contribution in [0.4, 0.5) is 5.00 Å². The number of quaternary nitrogens is 1. The maximum absolute atomic E-state index is 12.6. The topological polar surface area (TPSA) is 68.8 Å². The van der Waals surface area contributed by atoms with E-state index in [4.69, 9.17) is 9.15 Å². The minimum atomic E-state index is -0.227. The summed E-state index contributed by atoms with van der Waals surface area (Å²) >= 11 is 1.61. The number of thiophene rings is 1. The van der Waals surface area contributed by atoms with Crippen molar-refractivity contribution in [2.24, 2.45) is 0 Å². The van der Waals surface area contributed by atoms with Crippen molar-refractivity contribution in [3.05, 3.63) is 70.3 Å². The summed E-state index contributed by atoms with van der Waals surface area (Å²) in [4.78, 5) is 19.6. The van der Waals surface area contributed by atoms with Crippen LogP contribution in [0.3, 0.4) is 0 Å². The average molecular weight is 399 g/mol. The molecule has 3 aromatic heterocycles. The summed E-state index contributed by atoms with van der Waals surface area (Å²) < 4.78 is 10.9. The van der Waals surface area contributed by atoms with Crippen molar-refractivity contribution in [1.29, 1.82) is 0 Å². The third-order valence-corrected chi connectivity index (χ3v) is 6.39. The second-order valence-corrected chi connectivity index (χ2v) is 8.17. The standard InChI is InChI=1S/C21H23N3O3S/c1-14-15(2)28-21(23-20(25)17-6-4-10-27-17)18(14)19(16-5-3-7-22-13-16)24-8-11-26-12-9-24/h3-7,10,13,19H,8-9,11-12H2,1-2H3,(H,23,25)/p+1/t19-/m0/s1. The Hall–Kier alpha value is -2.48. The first-order valence-corrected chi connectivity index (χ1v) is 10.2. The first-order valence-electron chi connectivity index (χ1n) is 9.42. The van der Waals surface area contributed by atoms with Crippen LogP contribution < -0.4 is 10.2 Å². The molecule has 146 valence electrons. The average Bonchev–Trinajstić information content (AvgIpc) is 3.35. The highest BCUT2D eigenvalue weighted by Gasteiger charge is 2.34. The number of carbonyl (C=O) groups is 1. The second-order valence-electron chi connectivity index (χ2n) is 6.95. The van der Waals surface area contributed by atoms with Gasteiger partial charge in [0.15, 0.2) is 5.76 Å². The predicted molar refractivity (Wildman–Crippen MR) is 108 cm³/mol. The molecule has 1 atom stereocenters. The second kappa shape index (κ2) is 8.26. The van der Waals surface area contributed by atoms with Crippen molar-refractivity contribution in [3.8, 4) is 0 Å². The Bertz CT molecular complexity index is 931. The molecule has 0 aromatic carbocycles. The number of anilines is 1. The normalized spacial score (nSPS) is 16.1. The number of morpholine rings is 1. The van der Waals surface area contributed by atoms with Crippen LogP contribution in [0, 0.1) is 13.8 Å². The van der Waals surface area contributed by atoms with Crippen LogP contribution in [-0.2, 0) is 4.74 Å². The molecule has 2 N–H and O–H groups in total. The molecule has 1 amide bonds. The fraction of sp³-hybridized carbons (Fsp3) is 0.333. The van der Waals surface area contributed by atoms with Gasteiger partial charge in [0.1, 0.15) is 24.1 Å². The Morgan fingerprint density at radius 3 is 2.75 bits per heavy atom. The molecule has 0 aliphatic carbocycles. The van der Waals surface area contributed by atoms with Gasteiger partial charge in [-0.1, -0.05) is 0 Å². The van der Waals surface area contributed by atoms with Crippen molar-refractivity contribution >= 4 is 22.2 Å². The maximum atomic E-state index is 12.6. The van der Waals surface area contributed by atoms with Gasteiger partial charge < -0.3 is 19.4 Å². The lowest BCUT2D eigenvalue weighted by Crippen LogP contribution is -3.14. The van der Waals surface area contributed by atoms with Crippen LogP contribution >= 0.6 is 11.3 Å². The van der Waals surface area contributed by atoms with Crippen LogP contribution in [0.5, 0.6) is 0 Å². The Kier molecular flexibility index (Phi) is 5.57. The molecule has 0 bridgehead atoms. The Labute approximate surface area is 168 Å². The van der Waals surface area contributed by atoms with Crippen LogP contribution in [0.25, 0.3) is 0 Å². The van der Waals surface area contributed by atoms with E-state index in [0.29, 0.717) is 5.76 Å². The highest BCUT2D eigenvalue weighted by atomic mass is 32.1. The van der Waals surface area contributed by atoms with Gasteiger partial charge in [-0.05, 0) is 43.7 Å². The molecule has 3 aromatic rings. The Morgan fingerprint density at radius 2 is 2.07 bits per heavy atom. The van der Waals surface area contributed by atoms with E-state index in [2.05, 4.69) is 30.2 Å². The lowest BCUT2D eigenvalue weighted by atomic mass is 9.95. The van der Waals surface area contributed by atoms with Gasteiger partial charge in [0.2, 0.25) is 0 Å². The summed E-state index contributed by atoms with van der Waals surface area (Å²) in [6, 6.07) is 7.57. The summed E-state index contributed by atoms with van der Waals surface area (Å²) in [5.41, 5.74) is 3.52. The lowest BCUT2D eigenvalue weighted by molar-refractivity contribution is -0.933. The van der Waals surface area contributed by atoms with Gasteiger partial charge in [-0.25, -0.2) is 0 Å². The third kappa shape index (κ3) is 3.73. The van der Waals surface area contributed by atoms with E-state index in [1.54, 1.807) is 29.7 Å². The number of hydrogen-bond acceptors (Lipinski definition) is 5. The number of carbonyl (C=O) groups excluding carboxylic acids is 1. The van der Waals surface area contributed by atoms with Crippen molar-refractivity contribution in [3.63, 3.8) is 0 Å². The van der Waals surface area contributed by atoms with Gasteiger partial charge in [-0.15, -0.1) is 11.3 Å². The van der Waals surface area contributed by atoms with Crippen molar-refractivity contribution in [2.45, 2.75) is 19.9 Å². The molecule has 4 rings (SSSR count). The summed E-state index contributed by atoms with van der Waals surface area (Å²) in [7, 11) is 0. The van der Waals surface area contributed by atoms with Crippen molar-refractivity contribution < 1.29 is 18.8 Å². The number of furan rings is 1. The molecule has 4 heterocycles. The largest absolute Gasteiger partial charge is 0.459 e. The zero-order chi connectivity index (χ0) is 19.5. The van der Waals surface area contributed by atoms with E-state index in [9.17, 15) is 4.79 Å². The molecule has 0 spiro atoms. The van der Waals surface area contributed by atoms with E-state index in [-0.39, 0.29) is 11.9 Å². The Balaban J connectivity index is 1.76. The highest BCUT2D eigenvalue weighted by Crippen LogP contribution is 2.38. The molecule has 6 nitrogen and oxygen atoms in total. The number of amides is 1. The zero-order valence-corrected chi connectivity index (χ0v) is 16.8. The van der Waals surface area contributed by atoms with Gasteiger partial charge in [-0.2, -0.15) is 0 Å². The molecule has 28 heavy (non-hydrogen) atoms. The molecule has 1 aliphatic heterocycles. The summed E-state index contributed by atoms with van der Waals surface area (Å²) in [6.07, 6.45) is 5.23. The van der Waals surface area contributed by atoms with Crippen LogP contribution in [0.1, 0.15) is 38.2 Å². The number of nitrogens with one attached hydrogen (secondary N) is 2. The van der Waals surface area contributed by atoms with Crippen molar-refractivity contribution in [2.75, 3.05) is 31.6 Å². The molecule has 1 aliphatic rings. The van der Waals surface area contributed by atoms with Gasteiger partial charge in [0.25, 0.3) is 5.91 Å². The molecule has 7 heteroatoms. The molecule has 1 fully saturated rings. The lowest BCUT2D eigenvalue weighted by Gasteiger charge is -2.32. The SMILES string of the molecule is Cc1sc(NC(=O)c2ccco2)c([C@H](c2cccnc2)[NH+]2CCOCC2)c1C. The van der Waals surface area contributed by atoms with E-state index >= 15 is 0 Å². The van der Waals surface area contributed by atoms with Crippen LogP contribution in [0.2, 0.25) is 0 Å². The third-order valence-electron chi connectivity index (χ3n) is 5.25. The molecule has 0 radical (unpaired) electrons. The number of hydrogen-bond donors (Lipinski definition) is 2. The number of aryl methyl sites for hydroxylation is 1. The van der Waals surface area contributed by atoms with Crippen molar-refractivity contribution in [1.82, 2.24) is 4.98 Å². The van der Waals surface area contributed by atoms with Gasteiger partial charge in [0, 0.05) is 22.8 Å². The number of aromatic nitrogens is 1. The van der Waals surface area contributed by atoms with E-state index < -0.39 is 0 Å².